The zero-order valence-electron chi connectivity index (χ0n) is 11.1. The van der Waals surface area contributed by atoms with E-state index in [9.17, 15) is 5.11 Å². The van der Waals surface area contributed by atoms with Crippen LogP contribution in [0.2, 0.25) is 0 Å². The minimum atomic E-state index is 0.405. The lowest BCUT2D eigenvalue weighted by atomic mass is 10.1. The molecule has 1 heterocycles. The largest absolute Gasteiger partial charge is 0.507 e. The second-order valence-electron chi connectivity index (χ2n) is 4.24. The Hall–Kier alpha value is -1.15. The van der Waals surface area contributed by atoms with Crippen molar-refractivity contribution in [2.75, 3.05) is 11.5 Å². The van der Waals surface area contributed by atoms with Crippen LogP contribution in [0.25, 0.3) is 10.8 Å². The maximum Gasteiger partial charge on any atom is 0.162 e. The Bertz CT molecular complexity index is 515. The van der Waals surface area contributed by atoms with E-state index in [0.29, 0.717) is 16.6 Å². The maximum absolute atomic E-state index is 9.84. The lowest BCUT2D eigenvalue weighted by Crippen LogP contribution is -2.04. The molecule has 0 unspecified atom stereocenters. The second-order valence-corrected chi connectivity index (χ2v) is 6.48. The van der Waals surface area contributed by atoms with Gasteiger partial charge in [0.05, 0.1) is 0 Å². The SMILES string of the molecule is CC.Oc1ccc([S+]2CCCC2)c2ccccc12. The highest BCUT2D eigenvalue weighted by molar-refractivity contribution is 7.97. The van der Waals surface area contributed by atoms with Crippen molar-refractivity contribution in [3.63, 3.8) is 0 Å². The van der Waals surface area contributed by atoms with Crippen LogP contribution in [0.3, 0.4) is 0 Å². The Labute approximate surface area is 112 Å². The molecule has 1 saturated heterocycles. The number of hydrogen-bond acceptors (Lipinski definition) is 1. The smallest absolute Gasteiger partial charge is 0.162 e. The van der Waals surface area contributed by atoms with Crippen molar-refractivity contribution >= 4 is 21.7 Å². The molecule has 18 heavy (non-hydrogen) atoms. The van der Waals surface area contributed by atoms with Gasteiger partial charge in [-0.05, 0) is 31.0 Å². The Morgan fingerprint density at radius 1 is 0.889 bits per heavy atom. The Balaban J connectivity index is 0.000000574. The first-order valence-corrected chi connectivity index (χ1v) is 8.31. The summed E-state index contributed by atoms with van der Waals surface area (Å²) in [6.45, 7) is 4.00. The molecule has 3 rings (SSSR count). The molecule has 0 amide bonds. The third-order valence-corrected chi connectivity index (χ3v) is 5.74. The molecule has 1 nitrogen and oxygen atoms in total. The van der Waals surface area contributed by atoms with Crippen molar-refractivity contribution in [3.8, 4) is 5.75 Å². The first-order chi connectivity index (χ1) is 8.86. The normalized spacial score (nSPS) is 15.4. The van der Waals surface area contributed by atoms with Crippen LogP contribution in [-0.2, 0) is 10.9 Å². The van der Waals surface area contributed by atoms with Crippen molar-refractivity contribution in [1.29, 1.82) is 0 Å². The first-order valence-electron chi connectivity index (χ1n) is 6.74. The Morgan fingerprint density at radius 3 is 2.17 bits per heavy atom. The second kappa shape index (κ2) is 6.14. The fourth-order valence-electron chi connectivity index (χ4n) is 2.38. The van der Waals surface area contributed by atoms with E-state index in [1.807, 2.05) is 32.0 Å². The van der Waals surface area contributed by atoms with E-state index in [-0.39, 0.29) is 0 Å². The summed E-state index contributed by atoms with van der Waals surface area (Å²) in [4.78, 5) is 1.45. The number of phenols is 1. The topological polar surface area (TPSA) is 20.2 Å². The van der Waals surface area contributed by atoms with Gasteiger partial charge in [-0.3, -0.25) is 0 Å². The number of rotatable bonds is 1. The summed E-state index contributed by atoms with van der Waals surface area (Å²) in [6.07, 6.45) is 2.72. The van der Waals surface area contributed by atoms with E-state index in [2.05, 4.69) is 18.2 Å². The number of fused-ring (bicyclic) bond motifs is 1. The van der Waals surface area contributed by atoms with Gasteiger partial charge in [-0.25, -0.2) is 0 Å². The van der Waals surface area contributed by atoms with Gasteiger partial charge in [0.15, 0.2) is 4.90 Å². The Kier molecular flexibility index (Phi) is 4.54. The molecular weight excluding hydrogens is 240 g/mol. The van der Waals surface area contributed by atoms with Gasteiger partial charge in [0.1, 0.15) is 17.3 Å². The Morgan fingerprint density at radius 2 is 1.50 bits per heavy atom. The third-order valence-electron chi connectivity index (χ3n) is 3.20. The van der Waals surface area contributed by atoms with Gasteiger partial charge in [-0.15, -0.1) is 0 Å². The van der Waals surface area contributed by atoms with Crippen molar-refractivity contribution in [2.45, 2.75) is 31.6 Å². The summed E-state index contributed by atoms with van der Waals surface area (Å²) >= 11 is 0. The molecule has 0 atom stereocenters. The van der Waals surface area contributed by atoms with Crippen LogP contribution in [0.4, 0.5) is 0 Å². The fraction of sp³-hybridized carbons (Fsp3) is 0.375. The minimum Gasteiger partial charge on any atom is -0.507 e. The van der Waals surface area contributed by atoms with Gasteiger partial charge >= 0.3 is 0 Å². The van der Waals surface area contributed by atoms with Crippen molar-refractivity contribution in [2.24, 2.45) is 0 Å². The summed E-state index contributed by atoms with van der Waals surface area (Å²) in [5.74, 6) is 3.06. The molecule has 0 bridgehead atoms. The quantitative estimate of drug-likeness (QED) is 0.757. The van der Waals surface area contributed by atoms with Crippen LogP contribution in [0.15, 0.2) is 41.3 Å². The minimum absolute atomic E-state index is 0.405. The highest BCUT2D eigenvalue weighted by Gasteiger charge is 2.28. The highest BCUT2D eigenvalue weighted by atomic mass is 32.2. The van der Waals surface area contributed by atoms with Gasteiger partial charge in [0, 0.05) is 21.7 Å². The van der Waals surface area contributed by atoms with E-state index < -0.39 is 0 Å². The molecule has 0 radical (unpaired) electrons. The zero-order valence-corrected chi connectivity index (χ0v) is 12.0. The summed E-state index contributed by atoms with van der Waals surface area (Å²) in [7, 11) is 0.415. The average Bonchev–Trinajstić information content (AvgIpc) is 2.96. The predicted molar refractivity (Wildman–Crippen MR) is 81.6 cm³/mol. The van der Waals surface area contributed by atoms with Crippen molar-refractivity contribution < 1.29 is 5.11 Å². The van der Waals surface area contributed by atoms with Gasteiger partial charge < -0.3 is 5.11 Å². The van der Waals surface area contributed by atoms with E-state index in [1.165, 1.54) is 34.6 Å². The standard InChI is InChI=1S/C14H14OS.C2H6/c15-13-7-8-14(16-9-3-4-10-16)12-6-2-1-5-11(12)13;1-2/h1-2,5-8H,3-4,9-10H2;1-2H3/p+1. The van der Waals surface area contributed by atoms with Gasteiger partial charge in [-0.1, -0.05) is 32.0 Å². The van der Waals surface area contributed by atoms with Crippen LogP contribution < -0.4 is 0 Å². The molecule has 1 N–H and O–H groups in total. The first kappa shape index (κ1) is 13.3. The molecule has 96 valence electrons. The molecule has 1 aliphatic rings. The molecule has 0 aromatic heterocycles. The van der Waals surface area contributed by atoms with Gasteiger partial charge in [-0.2, -0.15) is 0 Å². The molecule has 2 aromatic rings. The maximum atomic E-state index is 9.84. The van der Waals surface area contributed by atoms with Crippen LogP contribution in [0.5, 0.6) is 5.75 Å². The van der Waals surface area contributed by atoms with Crippen LogP contribution >= 0.6 is 0 Å². The van der Waals surface area contributed by atoms with Crippen LogP contribution in [0.1, 0.15) is 26.7 Å². The summed E-state index contributed by atoms with van der Waals surface area (Å²) in [6, 6.07) is 12.2. The fourth-order valence-corrected chi connectivity index (χ4v) is 4.88. The third kappa shape index (κ3) is 2.49. The zero-order chi connectivity index (χ0) is 13.0. The van der Waals surface area contributed by atoms with E-state index >= 15 is 0 Å². The van der Waals surface area contributed by atoms with Gasteiger partial charge in [0.25, 0.3) is 0 Å². The molecule has 0 aliphatic carbocycles. The molecular formula is C16H21OS+. The van der Waals surface area contributed by atoms with Crippen molar-refractivity contribution in [1.82, 2.24) is 0 Å². The van der Waals surface area contributed by atoms with E-state index in [4.69, 9.17) is 0 Å². The number of hydrogen-bond donors (Lipinski definition) is 1. The molecule has 0 spiro atoms. The summed E-state index contributed by atoms with van der Waals surface area (Å²) in [5.41, 5.74) is 0. The molecule has 1 fully saturated rings. The number of aromatic hydroxyl groups is 1. The van der Waals surface area contributed by atoms with E-state index in [1.54, 1.807) is 0 Å². The predicted octanol–water partition coefficient (Wildman–Crippen LogP) is 4.34. The summed E-state index contributed by atoms with van der Waals surface area (Å²) < 4.78 is 0. The van der Waals surface area contributed by atoms with Gasteiger partial charge in [0.2, 0.25) is 0 Å². The number of benzene rings is 2. The average molecular weight is 261 g/mol. The summed E-state index contributed by atoms with van der Waals surface area (Å²) in [5, 5.41) is 12.1. The monoisotopic (exact) mass is 261 g/mol. The molecule has 2 aromatic carbocycles. The molecule has 0 saturated carbocycles. The number of phenolic OH excluding ortho intramolecular Hbond substituents is 1. The lowest BCUT2D eigenvalue weighted by molar-refractivity contribution is 0.481. The highest BCUT2D eigenvalue weighted by Crippen LogP contribution is 2.33. The molecule has 2 heteroatoms. The van der Waals surface area contributed by atoms with Crippen LogP contribution in [-0.4, -0.2) is 16.6 Å². The lowest BCUT2D eigenvalue weighted by Gasteiger charge is -2.06. The van der Waals surface area contributed by atoms with E-state index in [0.717, 1.165) is 5.39 Å². The van der Waals surface area contributed by atoms with Crippen molar-refractivity contribution in [3.05, 3.63) is 36.4 Å². The van der Waals surface area contributed by atoms with Crippen LogP contribution in [0, 0.1) is 0 Å². The molecule has 1 aliphatic heterocycles.